The first-order valence-corrected chi connectivity index (χ1v) is 4.42. The van der Waals surface area contributed by atoms with Gasteiger partial charge in [-0.25, -0.2) is 0 Å². The first-order chi connectivity index (χ1) is 6.83. The molecule has 0 radical (unpaired) electrons. The van der Waals surface area contributed by atoms with Crippen molar-refractivity contribution in [2.24, 2.45) is 0 Å². The zero-order chi connectivity index (χ0) is 10.4. The fourth-order valence-corrected chi connectivity index (χ4v) is 1.14. The number of aromatic nitrogens is 1. The van der Waals surface area contributed by atoms with Crippen LogP contribution < -0.4 is 0 Å². The molecule has 0 aliphatic carbocycles. The predicted octanol–water partition coefficient (Wildman–Crippen LogP) is 2.32. The van der Waals surface area contributed by atoms with Crippen LogP contribution in [-0.2, 0) is 4.74 Å². The lowest BCUT2D eigenvalue weighted by Crippen LogP contribution is -2.03. The number of rotatable bonds is 5. The van der Waals surface area contributed by atoms with Crippen LogP contribution in [0.25, 0.3) is 5.88 Å². The molecule has 0 atom stereocenters. The molecule has 3 nitrogen and oxygen atoms in total. The number of hydrogen-bond acceptors (Lipinski definition) is 2. The Labute approximate surface area is 83.3 Å². The molecule has 0 bridgehead atoms. The summed E-state index contributed by atoms with van der Waals surface area (Å²) in [7, 11) is 0. The maximum absolute atomic E-state index is 10.7. The van der Waals surface area contributed by atoms with E-state index in [0.29, 0.717) is 18.2 Å². The van der Waals surface area contributed by atoms with Gasteiger partial charge >= 0.3 is 0 Å². The largest absolute Gasteiger partial charge is 0.479 e. The van der Waals surface area contributed by atoms with Gasteiger partial charge in [0, 0.05) is 6.20 Å². The van der Waals surface area contributed by atoms with Crippen molar-refractivity contribution in [3.05, 3.63) is 42.8 Å². The van der Waals surface area contributed by atoms with Gasteiger partial charge in [0.25, 0.3) is 0 Å². The van der Waals surface area contributed by atoms with Crippen molar-refractivity contribution in [3.63, 3.8) is 0 Å². The molecule has 74 valence electrons. The summed E-state index contributed by atoms with van der Waals surface area (Å²) in [5.74, 6) is 0.606. The second-order valence-corrected chi connectivity index (χ2v) is 2.59. The van der Waals surface area contributed by atoms with Crippen molar-refractivity contribution in [1.82, 2.24) is 4.57 Å². The van der Waals surface area contributed by atoms with Gasteiger partial charge in [0.15, 0.2) is 12.2 Å². The third kappa shape index (κ3) is 2.13. The van der Waals surface area contributed by atoms with E-state index in [1.54, 1.807) is 35.0 Å². The van der Waals surface area contributed by atoms with Crippen molar-refractivity contribution in [1.29, 1.82) is 0 Å². The Hall–Kier alpha value is -1.77. The maximum Gasteiger partial charge on any atom is 0.198 e. The maximum atomic E-state index is 10.7. The molecular weight excluding hydrogens is 178 g/mol. The molecule has 0 amide bonds. The van der Waals surface area contributed by atoms with Gasteiger partial charge in [0.2, 0.25) is 0 Å². The first kappa shape index (κ1) is 10.3. The normalized spacial score (nSPS) is 11.1. The Bertz CT molecular complexity index is 350. The molecule has 3 heteroatoms. The zero-order valence-electron chi connectivity index (χ0n) is 8.14. The van der Waals surface area contributed by atoms with Crippen LogP contribution in [0.2, 0.25) is 0 Å². The van der Waals surface area contributed by atoms with E-state index in [9.17, 15) is 4.79 Å². The molecule has 0 saturated heterocycles. The van der Waals surface area contributed by atoms with Crippen LogP contribution in [0.4, 0.5) is 0 Å². The van der Waals surface area contributed by atoms with Crippen molar-refractivity contribution in [3.8, 4) is 0 Å². The molecule has 0 aromatic carbocycles. The van der Waals surface area contributed by atoms with Crippen LogP contribution in [0, 0.1) is 0 Å². The second kappa shape index (κ2) is 5.07. The highest BCUT2D eigenvalue weighted by molar-refractivity contribution is 5.74. The van der Waals surface area contributed by atoms with Crippen LogP contribution >= 0.6 is 0 Å². The average Bonchev–Trinajstić information content (AvgIpc) is 2.65. The van der Waals surface area contributed by atoms with Gasteiger partial charge in [0.05, 0.1) is 12.3 Å². The van der Waals surface area contributed by atoms with E-state index in [1.807, 2.05) is 6.92 Å². The number of hydrogen-bond donors (Lipinski definition) is 0. The first-order valence-electron chi connectivity index (χ1n) is 4.42. The molecular formula is C11H13NO2. The summed E-state index contributed by atoms with van der Waals surface area (Å²) in [5, 5.41) is 0. The number of nitrogens with zero attached hydrogens (tertiary/aromatic N) is 1. The van der Waals surface area contributed by atoms with Crippen molar-refractivity contribution in [2.45, 2.75) is 6.92 Å². The highest BCUT2D eigenvalue weighted by atomic mass is 16.5. The smallest absolute Gasteiger partial charge is 0.198 e. The molecule has 0 saturated carbocycles. The van der Waals surface area contributed by atoms with Crippen molar-refractivity contribution >= 4 is 12.2 Å². The van der Waals surface area contributed by atoms with E-state index >= 15 is 0 Å². The Morgan fingerprint density at radius 3 is 3.07 bits per heavy atom. The van der Waals surface area contributed by atoms with Gasteiger partial charge in [0.1, 0.15) is 0 Å². The van der Waals surface area contributed by atoms with E-state index in [-0.39, 0.29) is 0 Å². The molecule has 0 N–H and O–H groups in total. The molecule has 14 heavy (non-hydrogen) atoms. The molecule has 1 heterocycles. The molecule has 0 spiro atoms. The Morgan fingerprint density at radius 2 is 2.50 bits per heavy atom. The second-order valence-electron chi connectivity index (χ2n) is 2.59. The highest BCUT2D eigenvalue weighted by Gasteiger charge is 2.04. The number of carbonyl (C=O) groups excluding carboxylic acids is 1. The molecule has 0 aliphatic heterocycles. The third-order valence-corrected chi connectivity index (χ3v) is 1.69. The quantitative estimate of drug-likeness (QED) is 0.406. The Morgan fingerprint density at radius 1 is 1.71 bits per heavy atom. The number of aldehydes is 1. The fraction of sp³-hybridized carbons (Fsp3) is 0.182. The van der Waals surface area contributed by atoms with E-state index in [0.717, 1.165) is 6.29 Å². The summed E-state index contributed by atoms with van der Waals surface area (Å²) in [6.45, 7) is 6.03. The summed E-state index contributed by atoms with van der Waals surface area (Å²) in [5.41, 5.74) is 0.562. The fourth-order valence-electron chi connectivity index (χ4n) is 1.14. The zero-order valence-corrected chi connectivity index (χ0v) is 8.14. The van der Waals surface area contributed by atoms with Crippen LogP contribution in [0.1, 0.15) is 17.4 Å². The summed E-state index contributed by atoms with van der Waals surface area (Å²) in [4.78, 5) is 10.7. The van der Waals surface area contributed by atoms with Gasteiger partial charge < -0.3 is 4.74 Å². The number of allylic oxidation sites excluding steroid dienone is 2. The number of carbonyl (C=O) groups is 1. The molecule has 0 aliphatic rings. The van der Waals surface area contributed by atoms with E-state index < -0.39 is 0 Å². The number of ether oxygens (including phenoxy) is 1. The van der Waals surface area contributed by atoms with Crippen LogP contribution in [0.5, 0.6) is 0 Å². The van der Waals surface area contributed by atoms with Crippen LogP contribution in [0.15, 0.2) is 37.1 Å². The molecule has 1 aromatic heterocycles. The summed E-state index contributed by atoms with van der Waals surface area (Å²) >= 11 is 0. The molecule has 0 fully saturated rings. The van der Waals surface area contributed by atoms with Gasteiger partial charge in [-0.05, 0) is 25.1 Å². The summed E-state index contributed by atoms with van der Waals surface area (Å²) in [6, 6.07) is 3.52. The minimum atomic E-state index is 0.552. The third-order valence-electron chi connectivity index (χ3n) is 1.69. The molecule has 1 rings (SSSR count). The average molecular weight is 191 g/mol. The SMILES string of the molecule is C=C/C=C(/OCC)n1cccc1C=O. The van der Waals surface area contributed by atoms with E-state index in [1.165, 1.54) is 0 Å². The van der Waals surface area contributed by atoms with Gasteiger partial charge in [-0.2, -0.15) is 0 Å². The van der Waals surface area contributed by atoms with Crippen LogP contribution in [0.3, 0.4) is 0 Å². The predicted molar refractivity (Wildman–Crippen MR) is 55.9 cm³/mol. The minimum absolute atomic E-state index is 0.552. The minimum Gasteiger partial charge on any atom is -0.479 e. The van der Waals surface area contributed by atoms with E-state index in [4.69, 9.17) is 4.74 Å². The van der Waals surface area contributed by atoms with Gasteiger partial charge in [-0.1, -0.05) is 12.7 Å². The lowest BCUT2D eigenvalue weighted by Gasteiger charge is -2.10. The monoisotopic (exact) mass is 191 g/mol. The van der Waals surface area contributed by atoms with Gasteiger partial charge in [-0.15, -0.1) is 0 Å². The summed E-state index contributed by atoms with van der Waals surface area (Å²) in [6.07, 6.45) is 5.90. The van der Waals surface area contributed by atoms with Crippen LogP contribution in [-0.4, -0.2) is 17.5 Å². The standard InChI is InChI=1S/C11H13NO2/c1-3-6-11(14-4-2)12-8-5-7-10(12)9-13/h3,5-9H,1,4H2,2H3/b11-6+. The van der Waals surface area contributed by atoms with Crippen molar-refractivity contribution in [2.75, 3.05) is 6.61 Å². The Balaban J connectivity index is 3.04. The highest BCUT2D eigenvalue weighted by Crippen LogP contribution is 2.10. The van der Waals surface area contributed by atoms with Crippen molar-refractivity contribution < 1.29 is 9.53 Å². The Kier molecular flexibility index (Phi) is 3.73. The van der Waals surface area contributed by atoms with Gasteiger partial charge in [-0.3, -0.25) is 9.36 Å². The lowest BCUT2D eigenvalue weighted by atomic mass is 10.4. The topological polar surface area (TPSA) is 31.2 Å². The van der Waals surface area contributed by atoms with E-state index in [2.05, 4.69) is 6.58 Å². The summed E-state index contributed by atoms with van der Waals surface area (Å²) < 4.78 is 7.04. The lowest BCUT2D eigenvalue weighted by molar-refractivity contribution is 0.111. The molecule has 0 unspecified atom stereocenters. The molecule has 1 aromatic rings.